The molecule has 3 nitrogen and oxygen atoms in total. The first-order chi connectivity index (χ1) is 12.5. The van der Waals surface area contributed by atoms with Crippen LogP contribution >= 0.6 is 0 Å². The van der Waals surface area contributed by atoms with Crippen molar-refractivity contribution >= 4 is 5.82 Å². The third kappa shape index (κ3) is 4.07. The minimum absolute atomic E-state index is 0.171. The zero-order valence-corrected chi connectivity index (χ0v) is 14.8. The van der Waals surface area contributed by atoms with Crippen LogP contribution in [-0.4, -0.2) is 16.7 Å². The molecule has 3 rings (SSSR count). The van der Waals surface area contributed by atoms with E-state index in [1.807, 2.05) is 48.5 Å². The lowest BCUT2D eigenvalue weighted by atomic mass is 9.84. The topological polar surface area (TPSA) is 37.8 Å². The predicted octanol–water partition coefficient (Wildman–Crippen LogP) is 4.65. The maximum atomic E-state index is 13.1. The minimum Gasteiger partial charge on any atom is -0.368 e. The first-order valence-corrected chi connectivity index (χ1v) is 8.39. The van der Waals surface area contributed by atoms with E-state index in [4.69, 9.17) is 6.42 Å². The van der Waals surface area contributed by atoms with Gasteiger partial charge in [0.1, 0.15) is 11.6 Å². The van der Waals surface area contributed by atoms with E-state index in [0.717, 1.165) is 22.4 Å². The number of terminal acetylenes is 1. The van der Waals surface area contributed by atoms with Gasteiger partial charge in [0.2, 0.25) is 0 Å². The first-order valence-electron chi connectivity index (χ1n) is 8.39. The van der Waals surface area contributed by atoms with E-state index < -0.39 is 0 Å². The molecule has 0 saturated heterocycles. The number of rotatable bonds is 5. The summed E-state index contributed by atoms with van der Waals surface area (Å²) in [6.07, 6.45) is 5.44. The van der Waals surface area contributed by atoms with Gasteiger partial charge in [-0.05, 0) is 42.0 Å². The van der Waals surface area contributed by atoms with E-state index in [1.165, 1.54) is 12.1 Å². The number of nitrogens with zero attached hydrogens (tertiary/aromatic N) is 2. The molecule has 26 heavy (non-hydrogen) atoms. The fraction of sp³-hybridized carbons (Fsp3) is 0.182. The fourth-order valence-corrected chi connectivity index (χ4v) is 2.66. The van der Waals surface area contributed by atoms with Crippen LogP contribution in [0.1, 0.15) is 25.0 Å². The van der Waals surface area contributed by atoms with Gasteiger partial charge in [-0.2, -0.15) is 0 Å². The van der Waals surface area contributed by atoms with E-state index in [1.54, 1.807) is 0 Å². The van der Waals surface area contributed by atoms with Crippen molar-refractivity contribution in [3.63, 3.8) is 0 Å². The second kappa shape index (κ2) is 7.37. The molecule has 0 bridgehead atoms. The molecule has 0 unspecified atom stereocenters. The van der Waals surface area contributed by atoms with Crippen LogP contribution in [-0.2, 0) is 5.41 Å². The van der Waals surface area contributed by atoms with Gasteiger partial charge in [0.05, 0.1) is 5.69 Å². The lowest BCUT2D eigenvalue weighted by Gasteiger charge is -2.25. The quantitative estimate of drug-likeness (QED) is 0.684. The molecule has 0 fully saturated rings. The number of hydrogen-bond acceptors (Lipinski definition) is 3. The number of halogens is 1. The number of benzene rings is 2. The van der Waals surface area contributed by atoms with Crippen LogP contribution in [0.15, 0.2) is 60.7 Å². The maximum absolute atomic E-state index is 13.1. The number of hydrogen-bond donors (Lipinski definition) is 1. The van der Waals surface area contributed by atoms with E-state index >= 15 is 0 Å². The van der Waals surface area contributed by atoms with E-state index in [9.17, 15) is 4.39 Å². The third-order valence-corrected chi connectivity index (χ3v) is 4.33. The summed E-state index contributed by atoms with van der Waals surface area (Å²) < 4.78 is 13.1. The Morgan fingerprint density at radius 1 is 1.04 bits per heavy atom. The Kier molecular flexibility index (Phi) is 4.99. The van der Waals surface area contributed by atoms with Gasteiger partial charge in [-0.25, -0.2) is 4.39 Å². The zero-order valence-electron chi connectivity index (χ0n) is 14.8. The zero-order chi connectivity index (χ0) is 18.6. The number of anilines is 1. The average Bonchev–Trinajstić information content (AvgIpc) is 2.67. The molecule has 1 aromatic heterocycles. The Hall–Kier alpha value is -3.19. The molecule has 1 heterocycles. The highest BCUT2D eigenvalue weighted by Gasteiger charge is 2.20. The Bertz CT molecular complexity index is 923. The lowest BCUT2D eigenvalue weighted by Crippen LogP contribution is -2.28. The van der Waals surface area contributed by atoms with Crippen molar-refractivity contribution in [2.24, 2.45) is 0 Å². The van der Waals surface area contributed by atoms with Crippen molar-refractivity contribution in [1.29, 1.82) is 0 Å². The van der Waals surface area contributed by atoms with Crippen LogP contribution in [0.4, 0.5) is 10.2 Å². The van der Waals surface area contributed by atoms with Crippen LogP contribution in [0.5, 0.6) is 0 Å². The molecule has 0 radical (unpaired) electrons. The van der Waals surface area contributed by atoms with Gasteiger partial charge < -0.3 is 5.32 Å². The van der Waals surface area contributed by atoms with Crippen LogP contribution in [0.2, 0.25) is 0 Å². The Morgan fingerprint density at radius 2 is 1.81 bits per heavy atom. The largest absolute Gasteiger partial charge is 0.368 e. The van der Waals surface area contributed by atoms with E-state index in [2.05, 4.69) is 35.3 Å². The summed E-state index contributed by atoms with van der Waals surface area (Å²) in [5.74, 6) is 3.08. The summed E-state index contributed by atoms with van der Waals surface area (Å²) in [5.41, 5.74) is 3.40. The van der Waals surface area contributed by atoms with Crippen molar-refractivity contribution in [2.75, 3.05) is 11.9 Å². The summed E-state index contributed by atoms with van der Waals surface area (Å²) in [7, 11) is 0. The van der Waals surface area contributed by atoms with E-state index in [-0.39, 0.29) is 11.2 Å². The van der Waals surface area contributed by atoms with Gasteiger partial charge in [-0.15, -0.1) is 16.6 Å². The van der Waals surface area contributed by atoms with Crippen LogP contribution in [0, 0.1) is 18.2 Å². The summed E-state index contributed by atoms with van der Waals surface area (Å²) in [4.78, 5) is 0. The summed E-state index contributed by atoms with van der Waals surface area (Å²) in [6, 6.07) is 18.0. The number of nitrogens with one attached hydrogen (secondary N) is 1. The molecule has 0 aliphatic carbocycles. The normalized spacial score (nSPS) is 11.0. The molecule has 130 valence electrons. The Labute approximate surface area is 153 Å². The molecule has 0 aliphatic rings. The molecule has 1 N–H and O–H groups in total. The van der Waals surface area contributed by atoms with Gasteiger partial charge in [0, 0.05) is 23.1 Å². The van der Waals surface area contributed by atoms with E-state index in [0.29, 0.717) is 12.4 Å². The molecule has 2 aromatic carbocycles. The average molecular weight is 345 g/mol. The standard InChI is InChI=1S/C22H20FN3/c1-4-16-6-5-7-17(14-16)20-12-13-21(26-25-20)24-15-22(2,3)18-8-10-19(23)11-9-18/h1,5-14H,15H2,2-3H3,(H,24,26). The minimum atomic E-state index is -0.229. The third-order valence-electron chi connectivity index (χ3n) is 4.33. The van der Waals surface area contributed by atoms with Crippen molar-refractivity contribution in [3.8, 4) is 23.6 Å². The van der Waals surface area contributed by atoms with Gasteiger partial charge in [0.15, 0.2) is 0 Å². The van der Waals surface area contributed by atoms with Gasteiger partial charge in [-0.3, -0.25) is 0 Å². The van der Waals surface area contributed by atoms with Crippen LogP contribution in [0.25, 0.3) is 11.3 Å². The van der Waals surface area contributed by atoms with Gasteiger partial charge in [-0.1, -0.05) is 44.0 Å². The monoisotopic (exact) mass is 345 g/mol. The molecule has 0 amide bonds. The molecular formula is C22H20FN3. The highest BCUT2D eigenvalue weighted by atomic mass is 19.1. The highest BCUT2D eigenvalue weighted by Crippen LogP contribution is 2.24. The molecule has 4 heteroatoms. The predicted molar refractivity (Wildman–Crippen MR) is 103 cm³/mol. The van der Waals surface area contributed by atoms with Crippen molar-refractivity contribution in [3.05, 3.63) is 77.6 Å². The summed E-state index contributed by atoms with van der Waals surface area (Å²) in [6.45, 7) is 4.85. The molecular weight excluding hydrogens is 325 g/mol. The SMILES string of the molecule is C#Cc1cccc(-c2ccc(NCC(C)(C)c3ccc(F)cc3)nn2)c1. The molecule has 0 spiro atoms. The van der Waals surface area contributed by atoms with Gasteiger partial charge >= 0.3 is 0 Å². The van der Waals surface area contributed by atoms with Crippen LogP contribution in [0.3, 0.4) is 0 Å². The summed E-state index contributed by atoms with van der Waals surface area (Å²) >= 11 is 0. The lowest BCUT2D eigenvalue weighted by molar-refractivity contribution is 0.552. The molecule has 3 aromatic rings. The summed E-state index contributed by atoms with van der Waals surface area (Å²) in [5, 5.41) is 11.8. The highest BCUT2D eigenvalue weighted by molar-refractivity contribution is 5.62. The Balaban J connectivity index is 1.69. The molecule has 0 aliphatic heterocycles. The van der Waals surface area contributed by atoms with Crippen molar-refractivity contribution < 1.29 is 4.39 Å². The molecule has 0 saturated carbocycles. The van der Waals surface area contributed by atoms with Crippen LogP contribution < -0.4 is 5.32 Å². The van der Waals surface area contributed by atoms with Gasteiger partial charge in [0.25, 0.3) is 0 Å². The van der Waals surface area contributed by atoms with Crippen molar-refractivity contribution in [2.45, 2.75) is 19.3 Å². The Morgan fingerprint density at radius 3 is 2.46 bits per heavy atom. The smallest absolute Gasteiger partial charge is 0.148 e. The molecule has 0 atom stereocenters. The number of aromatic nitrogens is 2. The fourth-order valence-electron chi connectivity index (χ4n) is 2.66. The second-order valence-corrected chi connectivity index (χ2v) is 6.77. The van der Waals surface area contributed by atoms with Crippen molar-refractivity contribution in [1.82, 2.24) is 10.2 Å². The first kappa shape index (κ1) is 17.6. The maximum Gasteiger partial charge on any atom is 0.148 e. The second-order valence-electron chi connectivity index (χ2n) is 6.77.